The lowest BCUT2D eigenvalue weighted by molar-refractivity contribution is 0.637. The second kappa shape index (κ2) is 3.13. The Morgan fingerprint density at radius 2 is 1.92 bits per heavy atom. The van der Waals surface area contributed by atoms with Crippen LogP contribution in [0.1, 0.15) is 0 Å². The summed E-state index contributed by atoms with van der Waals surface area (Å²) in [7, 11) is 0. The van der Waals surface area contributed by atoms with Crippen LogP contribution in [0.3, 0.4) is 0 Å². The fraction of sp³-hybridized carbons (Fsp3) is 0. The van der Waals surface area contributed by atoms with Crippen LogP contribution in [0.25, 0.3) is 10.9 Å². The van der Waals surface area contributed by atoms with Crippen molar-refractivity contribution in [3.8, 4) is 0 Å². The van der Waals surface area contributed by atoms with Crippen LogP contribution >= 0.6 is 23.2 Å². The third kappa shape index (κ3) is 1.60. The molecule has 0 aliphatic carbocycles. The third-order valence-corrected chi connectivity index (χ3v) is 2.11. The van der Waals surface area contributed by atoms with Gasteiger partial charge < -0.3 is 0 Å². The maximum atomic E-state index is 13.2. The van der Waals surface area contributed by atoms with E-state index in [2.05, 4.69) is 4.98 Å². The minimum absolute atomic E-state index is 0.247. The molecule has 0 unspecified atom stereocenters. The Bertz CT molecular complexity index is 470. The Balaban J connectivity index is 2.87. The molecule has 1 heterocycles. The van der Waals surface area contributed by atoms with Gasteiger partial charge in [-0.05, 0) is 24.3 Å². The summed E-state index contributed by atoms with van der Waals surface area (Å²) in [5, 5.41) is 1.28. The Morgan fingerprint density at radius 3 is 2.69 bits per heavy atom. The minimum Gasteiger partial charge on any atom is -0.233 e. The Labute approximate surface area is 84.1 Å². The van der Waals surface area contributed by atoms with Crippen molar-refractivity contribution in [2.75, 3.05) is 0 Å². The van der Waals surface area contributed by atoms with Crippen LogP contribution in [-0.4, -0.2) is 4.98 Å². The van der Waals surface area contributed by atoms with Gasteiger partial charge in [-0.2, -0.15) is 0 Å². The Morgan fingerprint density at radius 1 is 1.15 bits per heavy atom. The predicted octanol–water partition coefficient (Wildman–Crippen LogP) is 3.68. The van der Waals surface area contributed by atoms with E-state index in [9.17, 15) is 4.39 Å². The standard InChI is InChI=1S/C9H4Cl2FN/c10-6-3-5-1-2-8(11)13-9(5)7(12)4-6/h1-4H. The van der Waals surface area contributed by atoms with Gasteiger partial charge in [0.2, 0.25) is 0 Å². The molecule has 0 aliphatic rings. The average Bonchev–Trinajstić information content (AvgIpc) is 2.06. The van der Waals surface area contributed by atoms with E-state index < -0.39 is 5.82 Å². The zero-order valence-corrected chi connectivity index (χ0v) is 7.90. The smallest absolute Gasteiger partial charge is 0.150 e. The van der Waals surface area contributed by atoms with Crippen LogP contribution in [0.15, 0.2) is 24.3 Å². The lowest BCUT2D eigenvalue weighted by Gasteiger charge is -1.99. The number of hydrogen-bond acceptors (Lipinski definition) is 1. The van der Waals surface area contributed by atoms with E-state index in [1.54, 1.807) is 18.2 Å². The number of rotatable bonds is 0. The summed E-state index contributed by atoms with van der Waals surface area (Å²) >= 11 is 11.3. The van der Waals surface area contributed by atoms with E-state index in [4.69, 9.17) is 23.2 Å². The largest absolute Gasteiger partial charge is 0.233 e. The highest BCUT2D eigenvalue weighted by Crippen LogP contribution is 2.22. The van der Waals surface area contributed by atoms with Gasteiger partial charge in [0.25, 0.3) is 0 Å². The van der Waals surface area contributed by atoms with Gasteiger partial charge in [-0.1, -0.05) is 23.2 Å². The van der Waals surface area contributed by atoms with Crippen LogP contribution in [0.4, 0.5) is 4.39 Å². The van der Waals surface area contributed by atoms with Crippen molar-refractivity contribution in [2.45, 2.75) is 0 Å². The maximum absolute atomic E-state index is 13.2. The molecule has 0 saturated heterocycles. The summed E-state index contributed by atoms with van der Waals surface area (Å²) < 4.78 is 13.2. The van der Waals surface area contributed by atoms with E-state index in [0.717, 1.165) is 0 Å². The molecule has 1 aromatic heterocycles. The lowest BCUT2D eigenvalue weighted by atomic mass is 10.2. The number of aromatic nitrogens is 1. The van der Waals surface area contributed by atoms with Crippen molar-refractivity contribution in [1.29, 1.82) is 0 Å². The number of pyridine rings is 1. The van der Waals surface area contributed by atoms with Gasteiger partial charge in [0, 0.05) is 10.4 Å². The second-order valence-electron chi connectivity index (χ2n) is 2.59. The quantitative estimate of drug-likeness (QED) is 0.612. The summed E-state index contributed by atoms with van der Waals surface area (Å²) in [6.45, 7) is 0. The lowest BCUT2D eigenvalue weighted by Crippen LogP contribution is -1.84. The fourth-order valence-corrected chi connectivity index (χ4v) is 1.49. The van der Waals surface area contributed by atoms with E-state index in [0.29, 0.717) is 10.4 Å². The third-order valence-electron chi connectivity index (χ3n) is 1.68. The molecule has 0 amide bonds. The van der Waals surface area contributed by atoms with Crippen LogP contribution < -0.4 is 0 Å². The first-order valence-electron chi connectivity index (χ1n) is 3.58. The molecule has 0 N–H and O–H groups in total. The molecule has 0 spiro atoms. The zero-order chi connectivity index (χ0) is 9.42. The highest BCUT2D eigenvalue weighted by molar-refractivity contribution is 6.31. The molecule has 1 aromatic carbocycles. The first-order chi connectivity index (χ1) is 6.16. The molecule has 0 bridgehead atoms. The van der Waals surface area contributed by atoms with Gasteiger partial charge in [-0.25, -0.2) is 9.37 Å². The van der Waals surface area contributed by atoms with E-state index in [1.807, 2.05) is 0 Å². The van der Waals surface area contributed by atoms with Crippen LogP contribution in [-0.2, 0) is 0 Å². The molecule has 2 rings (SSSR count). The van der Waals surface area contributed by atoms with Crippen molar-refractivity contribution in [3.05, 3.63) is 40.3 Å². The summed E-state index contributed by atoms with van der Waals surface area (Å²) in [4.78, 5) is 3.85. The fourth-order valence-electron chi connectivity index (χ4n) is 1.13. The Hall–Kier alpha value is -0.860. The molecule has 0 saturated carbocycles. The molecular weight excluding hydrogens is 212 g/mol. The van der Waals surface area contributed by atoms with E-state index >= 15 is 0 Å². The van der Waals surface area contributed by atoms with Crippen molar-refractivity contribution < 1.29 is 4.39 Å². The monoisotopic (exact) mass is 215 g/mol. The number of halogens is 3. The van der Waals surface area contributed by atoms with Crippen molar-refractivity contribution in [1.82, 2.24) is 4.98 Å². The van der Waals surface area contributed by atoms with Gasteiger partial charge >= 0.3 is 0 Å². The molecule has 0 fully saturated rings. The number of benzene rings is 1. The molecule has 0 atom stereocenters. The number of fused-ring (bicyclic) bond motifs is 1. The van der Waals surface area contributed by atoms with E-state index in [-0.39, 0.29) is 10.7 Å². The molecular formula is C9H4Cl2FN. The van der Waals surface area contributed by atoms with E-state index in [1.165, 1.54) is 6.07 Å². The first kappa shape index (κ1) is 8.73. The topological polar surface area (TPSA) is 12.9 Å². The number of hydrogen-bond donors (Lipinski definition) is 0. The summed E-state index contributed by atoms with van der Waals surface area (Å²) in [5.74, 6) is -0.454. The van der Waals surface area contributed by atoms with Crippen LogP contribution in [0, 0.1) is 5.82 Å². The summed E-state index contributed by atoms with van der Waals surface area (Å²) in [5.41, 5.74) is 0.247. The molecule has 2 aromatic rings. The van der Waals surface area contributed by atoms with Crippen molar-refractivity contribution in [2.24, 2.45) is 0 Å². The van der Waals surface area contributed by atoms with Gasteiger partial charge in [0.15, 0.2) is 5.82 Å². The molecule has 0 aliphatic heterocycles. The first-order valence-corrected chi connectivity index (χ1v) is 4.34. The summed E-state index contributed by atoms with van der Waals surface area (Å²) in [6.07, 6.45) is 0. The molecule has 0 radical (unpaired) electrons. The second-order valence-corrected chi connectivity index (χ2v) is 3.42. The van der Waals surface area contributed by atoms with Crippen molar-refractivity contribution in [3.63, 3.8) is 0 Å². The highest BCUT2D eigenvalue weighted by Gasteiger charge is 2.04. The molecule has 1 nitrogen and oxygen atoms in total. The maximum Gasteiger partial charge on any atom is 0.150 e. The van der Waals surface area contributed by atoms with Gasteiger partial charge in [0.05, 0.1) is 0 Å². The zero-order valence-electron chi connectivity index (χ0n) is 6.39. The normalized spacial score (nSPS) is 10.7. The number of nitrogens with zero attached hydrogens (tertiary/aromatic N) is 1. The Kier molecular flexibility index (Phi) is 2.10. The SMILES string of the molecule is Fc1cc(Cl)cc2ccc(Cl)nc12. The molecule has 13 heavy (non-hydrogen) atoms. The van der Waals surface area contributed by atoms with Crippen molar-refractivity contribution >= 4 is 34.1 Å². The van der Waals surface area contributed by atoms with Crippen LogP contribution in [0.5, 0.6) is 0 Å². The van der Waals surface area contributed by atoms with Gasteiger partial charge in [-0.15, -0.1) is 0 Å². The van der Waals surface area contributed by atoms with Gasteiger partial charge in [0.1, 0.15) is 10.7 Å². The average molecular weight is 216 g/mol. The van der Waals surface area contributed by atoms with Crippen LogP contribution in [0.2, 0.25) is 10.2 Å². The van der Waals surface area contributed by atoms with Gasteiger partial charge in [-0.3, -0.25) is 0 Å². The molecule has 66 valence electrons. The summed E-state index contributed by atoms with van der Waals surface area (Å²) in [6, 6.07) is 6.13. The highest BCUT2D eigenvalue weighted by atomic mass is 35.5. The predicted molar refractivity (Wildman–Crippen MR) is 51.7 cm³/mol. The minimum atomic E-state index is -0.454. The molecule has 4 heteroatoms.